The number of halogens is 2. The summed E-state index contributed by atoms with van der Waals surface area (Å²) >= 11 is 6.54. The van der Waals surface area contributed by atoms with Crippen LogP contribution in [0.15, 0.2) is 60.7 Å². The lowest BCUT2D eigenvalue weighted by molar-refractivity contribution is 0.0689. The fraction of sp³-hybridized carbons (Fsp3) is 0.208. The normalized spacial score (nSPS) is 15.5. The van der Waals surface area contributed by atoms with E-state index in [1.54, 1.807) is 37.3 Å². The summed E-state index contributed by atoms with van der Waals surface area (Å²) in [7, 11) is 3.16. The van der Waals surface area contributed by atoms with Crippen LogP contribution >= 0.6 is 11.6 Å². The molecule has 154 valence electrons. The lowest BCUT2D eigenvalue weighted by Gasteiger charge is -2.38. The number of carbonyl (C=O) groups is 1. The van der Waals surface area contributed by atoms with Crippen molar-refractivity contribution in [1.29, 1.82) is 0 Å². The van der Waals surface area contributed by atoms with E-state index in [0.29, 0.717) is 29.5 Å². The SMILES string of the molecule is COc1cc2c(cc1OC)[C@H](c1ccccc1Cl)N(C(=O)c1ccccc1F)CC2. The van der Waals surface area contributed by atoms with E-state index in [0.717, 1.165) is 16.7 Å². The minimum absolute atomic E-state index is 0.0403. The number of benzene rings is 3. The van der Waals surface area contributed by atoms with Crippen molar-refractivity contribution >= 4 is 17.5 Å². The summed E-state index contributed by atoms with van der Waals surface area (Å²) in [6.45, 7) is 0.422. The summed E-state index contributed by atoms with van der Waals surface area (Å²) < 4.78 is 25.3. The van der Waals surface area contributed by atoms with Crippen LogP contribution in [0, 0.1) is 5.82 Å². The number of nitrogens with zero attached hydrogens (tertiary/aromatic N) is 1. The molecule has 0 N–H and O–H groups in total. The molecule has 0 radical (unpaired) electrons. The Balaban J connectivity index is 1.89. The van der Waals surface area contributed by atoms with Gasteiger partial charge in [-0.25, -0.2) is 4.39 Å². The first-order valence-electron chi connectivity index (χ1n) is 9.60. The topological polar surface area (TPSA) is 38.8 Å². The maximum absolute atomic E-state index is 14.4. The Morgan fingerprint density at radius 2 is 1.67 bits per heavy atom. The molecule has 1 amide bonds. The van der Waals surface area contributed by atoms with Gasteiger partial charge in [0.1, 0.15) is 5.82 Å². The highest BCUT2D eigenvalue weighted by molar-refractivity contribution is 6.31. The fourth-order valence-electron chi connectivity index (χ4n) is 3.99. The molecule has 30 heavy (non-hydrogen) atoms. The Morgan fingerprint density at radius 1 is 1.00 bits per heavy atom. The first kappa shape index (κ1) is 20.2. The Kier molecular flexibility index (Phi) is 5.64. The van der Waals surface area contributed by atoms with Gasteiger partial charge in [-0.3, -0.25) is 4.79 Å². The third kappa shape index (κ3) is 3.50. The molecule has 0 aliphatic carbocycles. The van der Waals surface area contributed by atoms with Gasteiger partial charge in [0.05, 0.1) is 25.8 Å². The van der Waals surface area contributed by atoms with Gasteiger partial charge in [0.2, 0.25) is 0 Å². The molecule has 0 bridgehead atoms. The predicted octanol–water partition coefficient (Wildman–Crippen LogP) is 5.28. The van der Waals surface area contributed by atoms with E-state index in [4.69, 9.17) is 21.1 Å². The van der Waals surface area contributed by atoms with Gasteiger partial charge in [0.25, 0.3) is 5.91 Å². The van der Waals surface area contributed by atoms with Gasteiger partial charge in [-0.2, -0.15) is 0 Å². The van der Waals surface area contributed by atoms with Crippen LogP contribution in [0.25, 0.3) is 0 Å². The highest BCUT2D eigenvalue weighted by Crippen LogP contribution is 2.43. The second kappa shape index (κ2) is 8.36. The Bertz CT molecular complexity index is 1100. The van der Waals surface area contributed by atoms with Crippen LogP contribution in [0.5, 0.6) is 11.5 Å². The van der Waals surface area contributed by atoms with Crippen molar-refractivity contribution in [3.05, 3.63) is 93.8 Å². The minimum Gasteiger partial charge on any atom is -0.493 e. The number of methoxy groups -OCH3 is 2. The largest absolute Gasteiger partial charge is 0.493 e. The quantitative estimate of drug-likeness (QED) is 0.570. The van der Waals surface area contributed by atoms with E-state index < -0.39 is 11.9 Å². The number of carbonyl (C=O) groups excluding carboxylic acids is 1. The zero-order valence-electron chi connectivity index (χ0n) is 16.7. The molecule has 1 heterocycles. The number of hydrogen-bond donors (Lipinski definition) is 0. The van der Waals surface area contributed by atoms with E-state index in [-0.39, 0.29) is 11.5 Å². The number of hydrogen-bond acceptors (Lipinski definition) is 3. The van der Waals surface area contributed by atoms with Crippen molar-refractivity contribution in [3.63, 3.8) is 0 Å². The van der Waals surface area contributed by atoms with E-state index in [1.165, 1.54) is 12.1 Å². The van der Waals surface area contributed by atoms with E-state index in [9.17, 15) is 9.18 Å². The Hall–Kier alpha value is -3.05. The summed E-state index contributed by atoms with van der Waals surface area (Å²) in [6.07, 6.45) is 0.608. The van der Waals surface area contributed by atoms with Gasteiger partial charge in [-0.15, -0.1) is 0 Å². The van der Waals surface area contributed by atoms with Gasteiger partial charge < -0.3 is 14.4 Å². The summed E-state index contributed by atoms with van der Waals surface area (Å²) in [6, 6.07) is 16.8. The molecule has 6 heteroatoms. The Morgan fingerprint density at radius 3 is 2.37 bits per heavy atom. The van der Waals surface area contributed by atoms with Gasteiger partial charge >= 0.3 is 0 Å². The molecule has 1 aliphatic heterocycles. The molecule has 4 nitrogen and oxygen atoms in total. The monoisotopic (exact) mass is 425 g/mol. The average Bonchev–Trinajstić information content (AvgIpc) is 2.77. The maximum Gasteiger partial charge on any atom is 0.257 e. The van der Waals surface area contributed by atoms with Gasteiger partial charge in [-0.1, -0.05) is 41.9 Å². The summed E-state index contributed by atoms with van der Waals surface area (Å²) in [5.74, 6) is 0.272. The Labute approximate surface area is 179 Å². The molecule has 0 aromatic heterocycles. The molecule has 4 rings (SSSR count). The molecule has 0 saturated heterocycles. The second-order valence-electron chi connectivity index (χ2n) is 7.06. The fourth-order valence-corrected chi connectivity index (χ4v) is 4.23. The van der Waals surface area contributed by atoms with Gasteiger partial charge in [0, 0.05) is 11.6 Å². The van der Waals surface area contributed by atoms with E-state index in [1.807, 2.05) is 30.3 Å². The predicted molar refractivity (Wildman–Crippen MR) is 114 cm³/mol. The van der Waals surface area contributed by atoms with E-state index in [2.05, 4.69) is 0 Å². The van der Waals surface area contributed by atoms with Crippen LogP contribution in [0.4, 0.5) is 4.39 Å². The molecular weight excluding hydrogens is 405 g/mol. The highest BCUT2D eigenvalue weighted by Gasteiger charge is 2.35. The minimum atomic E-state index is -0.543. The molecule has 0 saturated carbocycles. The molecule has 3 aromatic rings. The first-order chi connectivity index (χ1) is 14.5. The van der Waals surface area contributed by atoms with Crippen molar-refractivity contribution < 1.29 is 18.7 Å². The van der Waals surface area contributed by atoms with Crippen molar-refractivity contribution in [2.45, 2.75) is 12.5 Å². The van der Waals surface area contributed by atoms with Crippen molar-refractivity contribution in [2.75, 3.05) is 20.8 Å². The summed E-state index contributed by atoms with van der Waals surface area (Å²) in [5, 5.41) is 0.538. The molecular formula is C24H21ClFNO3. The van der Waals surface area contributed by atoms with Crippen LogP contribution in [-0.2, 0) is 6.42 Å². The standard InChI is InChI=1S/C24H21ClFNO3/c1-29-21-13-15-11-12-27(24(28)17-8-4-6-10-20(17)26)23(18(15)14-22(21)30-2)16-7-3-5-9-19(16)25/h3-10,13-14,23H,11-12H2,1-2H3/t23-/m0/s1. The number of rotatable bonds is 4. The third-order valence-electron chi connectivity index (χ3n) is 5.44. The second-order valence-corrected chi connectivity index (χ2v) is 7.47. The van der Waals surface area contributed by atoms with Crippen LogP contribution in [0.3, 0.4) is 0 Å². The zero-order valence-corrected chi connectivity index (χ0v) is 17.4. The molecule has 0 unspecified atom stereocenters. The molecule has 0 fully saturated rings. The van der Waals surface area contributed by atoms with Crippen LogP contribution in [-0.4, -0.2) is 31.6 Å². The van der Waals surface area contributed by atoms with Crippen LogP contribution in [0.2, 0.25) is 5.02 Å². The third-order valence-corrected chi connectivity index (χ3v) is 5.78. The van der Waals surface area contributed by atoms with Gasteiger partial charge in [0.15, 0.2) is 11.5 Å². The zero-order chi connectivity index (χ0) is 21.3. The summed E-state index contributed by atoms with van der Waals surface area (Å²) in [5.41, 5.74) is 2.74. The molecule has 0 spiro atoms. The van der Waals surface area contributed by atoms with Crippen LogP contribution < -0.4 is 9.47 Å². The van der Waals surface area contributed by atoms with Crippen molar-refractivity contribution in [3.8, 4) is 11.5 Å². The van der Waals surface area contributed by atoms with E-state index >= 15 is 0 Å². The summed E-state index contributed by atoms with van der Waals surface area (Å²) in [4.78, 5) is 15.1. The highest BCUT2D eigenvalue weighted by atomic mass is 35.5. The van der Waals surface area contributed by atoms with Crippen LogP contribution in [0.1, 0.15) is 33.1 Å². The smallest absolute Gasteiger partial charge is 0.257 e. The number of amides is 1. The number of fused-ring (bicyclic) bond motifs is 1. The van der Waals surface area contributed by atoms with Gasteiger partial charge in [-0.05, 0) is 53.4 Å². The average molecular weight is 426 g/mol. The molecule has 1 aliphatic rings. The number of ether oxygens (including phenoxy) is 2. The molecule has 3 aromatic carbocycles. The lowest BCUT2D eigenvalue weighted by atomic mass is 9.87. The lowest BCUT2D eigenvalue weighted by Crippen LogP contribution is -2.41. The maximum atomic E-state index is 14.4. The molecule has 1 atom stereocenters. The van der Waals surface area contributed by atoms with Crippen molar-refractivity contribution in [1.82, 2.24) is 4.90 Å². The first-order valence-corrected chi connectivity index (χ1v) is 9.97. The van der Waals surface area contributed by atoms with Crippen molar-refractivity contribution in [2.24, 2.45) is 0 Å².